The molecular formula is C15H26N2O2. The van der Waals surface area contributed by atoms with Crippen LogP contribution in [0.3, 0.4) is 0 Å². The fraction of sp³-hybridized carbons (Fsp3) is 0.600. The first-order valence-corrected chi connectivity index (χ1v) is 6.94. The van der Waals surface area contributed by atoms with Crippen LogP contribution in [0.15, 0.2) is 24.3 Å². The second-order valence-corrected chi connectivity index (χ2v) is 4.82. The van der Waals surface area contributed by atoms with Crippen LogP contribution in [0.2, 0.25) is 0 Å². The summed E-state index contributed by atoms with van der Waals surface area (Å²) in [5, 5.41) is 9.67. The fourth-order valence-electron chi connectivity index (χ4n) is 1.97. The molecule has 1 aromatic carbocycles. The summed E-state index contributed by atoms with van der Waals surface area (Å²) in [6, 6.07) is 8.19. The molecule has 19 heavy (non-hydrogen) atoms. The Balaban J connectivity index is 2.31. The maximum Gasteiger partial charge on any atom is 0.119 e. The molecule has 0 radical (unpaired) electrons. The molecule has 0 saturated heterocycles. The van der Waals surface area contributed by atoms with Crippen LogP contribution in [0, 0.1) is 0 Å². The normalized spacial score (nSPS) is 12.7. The van der Waals surface area contributed by atoms with E-state index in [0.717, 1.165) is 18.7 Å². The van der Waals surface area contributed by atoms with Crippen molar-refractivity contribution in [3.8, 4) is 5.75 Å². The van der Waals surface area contributed by atoms with Gasteiger partial charge in [-0.3, -0.25) is 0 Å². The molecule has 0 aromatic heterocycles. The van der Waals surface area contributed by atoms with Crippen molar-refractivity contribution in [2.75, 3.05) is 33.3 Å². The van der Waals surface area contributed by atoms with E-state index in [0.29, 0.717) is 26.1 Å². The van der Waals surface area contributed by atoms with Gasteiger partial charge in [0.15, 0.2) is 0 Å². The summed E-state index contributed by atoms with van der Waals surface area (Å²) < 4.78 is 5.41. The van der Waals surface area contributed by atoms with E-state index in [9.17, 15) is 5.11 Å². The van der Waals surface area contributed by atoms with Crippen molar-refractivity contribution in [2.45, 2.75) is 25.9 Å². The van der Waals surface area contributed by atoms with Gasteiger partial charge in [-0.25, -0.2) is 0 Å². The van der Waals surface area contributed by atoms with E-state index in [1.54, 1.807) is 0 Å². The summed E-state index contributed by atoms with van der Waals surface area (Å²) in [5.41, 5.74) is 6.70. The average Bonchev–Trinajstić information content (AvgIpc) is 2.38. The number of likely N-dealkylation sites (N-methyl/N-ethyl adjacent to an activating group) is 1. The highest BCUT2D eigenvalue weighted by molar-refractivity contribution is 5.27. The zero-order valence-corrected chi connectivity index (χ0v) is 12.0. The van der Waals surface area contributed by atoms with Crippen molar-refractivity contribution in [1.82, 2.24) is 4.90 Å². The summed E-state index contributed by atoms with van der Waals surface area (Å²) >= 11 is 0. The zero-order chi connectivity index (χ0) is 14.1. The predicted molar refractivity (Wildman–Crippen MR) is 78.5 cm³/mol. The smallest absolute Gasteiger partial charge is 0.119 e. The molecule has 0 aliphatic rings. The molecular weight excluding hydrogens is 240 g/mol. The van der Waals surface area contributed by atoms with Crippen molar-refractivity contribution in [2.24, 2.45) is 5.73 Å². The van der Waals surface area contributed by atoms with E-state index in [-0.39, 0.29) is 6.10 Å². The SMILES string of the molecule is CCOc1ccc(CCN(C)CC(O)CCN)cc1. The molecule has 0 heterocycles. The Morgan fingerprint density at radius 3 is 2.58 bits per heavy atom. The van der Waals surface area contributed by atoms with Crippen molar-refractivity contribution < 1.29 is 9.84 Å². The highest BCUT2D eigenvalue weighted by Gasteiger charge is 2.07. The molecule has 4 nitrogen and oxygen atoms in total. The first kappa shape index (κ1) is 16.0. The second-order valence-electron chi connectivity index (χ2n) is 4.82. The van der Waals surface area contributed by atoms with Crippen LogP contribution >= 0.6 is 0 Å². The van der Waals surface area contributed by atoms with Gasteiger partial charge in [0, 0.05) is 13.1 Å². The summed E-state index contributed by atoms with van der Waals surface area (Å²) in [6.45, 7) is 4.81. The number of nitrogens with two attached hydrogens (primary N) is 1. The summed E-state index contributed by atoms with van der Waals surface area (Å²) in [7, 11) is 2.02. The maximum absolute atomic E-state index is 9.67. The first-order chi connectivity index (χ1) is 9.15. The van der Waals surface area contributed by atoms with Gasteiger partial charge >= 0.3 is 0 Å². The predicted octanol–water partition coefficient (Wildman–Crippen LogP) is 1.27. The van der Waals surface area contributed by atoms with Gasteiger partial charge in [0.2, 0.25) is 0 Å². The molecule has 3 N–H and O–H groups in total. The van der Waals surface area contributed by atoms with Crippen LogP contribution in [0.25, 0.3) is 0 Å². The third kappa shape index (κ3) is 6.57. The molecule has 1 atom stereocenters. The summed E-state index contributed by atoms with van der Waals surface area (Å²) in [4.78, 5) is 2.14. The number of benzene rings is 1. The van der Waals surface area contributed by atoms with Crippen molar-refractivity contribution >= 4 is 0 Å². The standard InChI is InChI=1S/C15H26N2O2/c1-3-19-15-6-4-13(5-7-15)9-11-17(2)12-14(18)8-10-16/h4-7,14,18H,3,8-12,16H2,1-2H3. The Labute approximate surface area is 116 Å². The van der Waals surface area contributed by atoms with E-state index in [4.69, 9.17) is 10.5 Å². The van der Waals surface area contributed by atoms with E-state index in [2.05, 4.69) is 17.0 Å². The van der Waals surface area contributed by atoms with Crippen molar-refractivity contribution in [1.29, 1.82) is 0 Å². The molecule has 0 bridgehead atoms. The topological polar surface area (TPSA) is 58.7 Å². The first-order valence-electron chi connectivity index (χ1n) is 6.94. The van der Waals surface area contributed by atoms with Gasteiger partial charge in [-0.15, -0.1) is 0 Å². The molecule has 0 amide bonds. The fourth-order valence-corrected chi connectivity index (χ4v) is 1.97. The average molecular weight is 266 g/mol. The molecule has 1 unspecified atom stereocenters. The number of nitrogens with zero attached hydrogens (tertiary/aromatic N) is 1. The third-order valence-electron chi connectivity index (χ3n) is 3.04. The van der Waals surface area contributed by atoms with Gasteiger partial charge in [0.05, 0.1) is 12.7 Å². The highest BCUT2D eigenvalue weighted by Crippen LogP contribution is 2.12. The summed E-state index contributed by atoms with van der Waals surface area (Å²) in [5.74, 6) is 0.915. The van der Waals surface area contributed by atoms with Gasteiger partial charge in [0.1, 0.15) is 5.75 Å². The largest absolute Gasteiger partial charge is 0.494 e. The van der Waals surface area contributed by atoms with E-state index in [1.165, 1.54) is 5.56 Å². The molecule has 1 rings (SSSR count). The lowest BCUT2D eigenvalue weighted by Gasteiger charge is -2.20. The quantitative estimate of drug-likeness (QED) is 0.706. The number of hydrogen-bond acceptors (Lipinski definition) is 4. The lowest BCUT2D eigenvalue weighted by atomic mass is 10.1. The van der Waals surface area contributed by atoms with E-state index < -0.39 is 0 Å². The van der Waals surface area contributed by atoms with E-state index in [1.807, 2.05) is 26.1 Å². The lowest BCUT2D eigenvalue weighted by molar-refractivity contribution is 0.120. The zero-order valence-electron chi connectivity index (χ0n) is 12.0. The van der Waals surface area contributed by atoms with E-state index >= 15 is 0 Å². The van der Waals surface area contributed by atoms with Gasteiger partial charge in [-0.1, -0.05) is 12.1 Å². The van der Waals surface area contributed by atoms with Gasteiger partial charge in [-0.05, 0) is 51.1 Å². The number of ether oxygens (including phenoxy) is 1. The second kappa shape index (κ2) is 8.91. The molecule has 0 fully saturated rings. The molecule has 0 spiro atoms. The number of hydrogen-bond donors (Lipinski definition) is 2. The van der Waals surface area contributed by atoms with Gasteiger partial charge in [0.25, 0.3) is 0 Å². The Kier molecular flexibility index (Phi) is 7.48. The van der Waals surface area contributed by atoms with Crippen LogP contribution in [0.1, 0.15) is 18.9 Å². The minimum Gasteiger partial charge on any atom is -0.494 e. The number of rotatable bonds is 9. The molecule has 0 aliphatic heterocycles. The monoisotopic (exact) mass is 266 g/mol. The van der Waals surface area contributed by atoms with Crippen LogP contribution in [-0.4, -0.2) is 49.4 Å². The highest BCUT2D eigenvalue weighted by atomic mass is 16.5. The lowest BCUT2D eigenvalue weighted by Crippen LogP contribution is -2.32. The third-order valence-corrected chi connectivity index (χ3v) is 3.04. The number of aliphatic hydroxyl groups is 1. The Hall–Kier alpha value is -1.10. The van der Waals surface area contributed by atoms with Crippen LogP contribution in [0.5, 0.6) is 5.75 Å². The minimum atomic E-state index is -0.324. The molecule has 0 saturated carbocycles. The minimum absolute atomic E-state index is 0.324. The van der Waals surface area contributed by atoms with Gasteiger partial charge in [-0.2, -0.15) is 0 Å². The Bertz CT molecular complexity index is 341. The number of aliphatic hydroxyl groups excluding tert-OH is 1. The molecule has 4 heteroatoms. The van der Waals surface area contributed by atoms with Gasteiger partial charge < -0.3 is 20.5 Å². The molecule has 108 valence electrons. The molecule has 1 aromatic rings. The van der Waals surface area contributed by atoms with Crippen molar-refractivity contribution in [3.63, 3.8) is 0 Å². The maximum atomic E-state index is 9.67. The summed E-state index contributed by atoms with van der Waals surface area (Å²) in [6.07, 6.45) is 1.31. The Morgan fingerprint density at radius 1 is 1.32 bits per heavy atom. The van der Waals surface area contributed by atoms with Crippen molar-refractivity contribution in [3.05, 3.63) is 29.8 Å². The van der Waals surface area contributed by atoms with Crippen LogP contribution < -0.4 is 10.5 Å². The molecule has 0 aliphatic carbocycles. The Morgan fingerprint density at radius 2 is 2.00 bits per heavy atom. The van der Waals surface area contributed by atoms with Crippen LogP contribution in [0.4, 0.5) is 0 Å². The van der Waals surface area contributed by atoms with Crippen LogP contribution in [-0.2, 0) is 6.42 Å².